The van der Waals surface area contributed by atoms with Gasteiger partial charge in [0.25, 0.3) is 0 Å². The van der Waals surface area contributed by atoms with Crippen molar-refractivity contribution in [3.63, 3.8) is 0 Å². The van der Waals surface area contributed by atoms with Gasteiger partial charge in [-0.2, -0.15) is 0 Å². The first kappa shape index (κ1) is 13.4. The van der Waals surface area contributed by atoms with Gasteiger partial charge in [-0.3, -0.25) is 4.79 Å². The van der Waals surface area contributed by atoms with Crippen LogP contribution in [0.15, 0.2) is 18.2 Å². The van der Waals surface area contributed by atoms with Gasteiger partial charge in [-0.15, -0.1) is 0 Å². The number of rotatable bonds is 2. The zero-order valence-corrected chi connectivity index (χ0v) is 11.9. The topological polar surface area (TPSA) is 47.6 Å². The largest absolute Gasteiger partial charge is 0.493 e. The lowest BCUT2D eigenvalue weighted by Crippen LogP contribution is -2.38. The Morgan fingerprint density at radius 2 is 2.00 bits per heavy atom. The number of nitrogens with one attached hydrogen (secondary N) is 1. The van der Waals surface area contributed by atoms with Crippen LogP contribution in [0.1, 0.15) is 36.4 Å². The Kier molecular flexibility index (Phi) is 3.92. The van der Waals surface area contributed by atoms with Crippen molar-refractivity contribution in [3.05, 3.63) is 29.3 Å². The summed E-state index contributed by atoms with van der Waals surface area (Å²) in [5.41, 5.74) is 2.24. The maximum atomic E-state index is 12.4. The molecule has 1 N–H and O–H groups in total. The summed E-state index contributed by atoms with van der Waals surface area (Å²) in [6, 6.07) is 6.20. The van der Waals surface area contributed by atoms with Crippen molar-refractivity contribution in [2.45, 2.75) is 32.2 Å². The monoisotopic (exact) mass is 275 g/mol. The van der Waals surface area contributed by atoms with E-state index in [-0.39, 0.29) is 17.9 Å². The first-order valence-electron chi connectivity index (χ1n) is 7.36. The van der Waals surface area contributed by atoms with E-state index in [4.69, 9.17) is 9.47 Å². The maximum absolute atomic E-state index is 12.4. The predicted octanol–water partition coefficient (Wildman–Crippen LogP) is 2.36. The third kappa shape index (κ3) is 2.66. The summed E-state index contributed by atoms with van der Waals surface area (Å²) in [6.45, 7) is 4.10. The Hall–Kier alpha value is -1.55. The molecule has 0 bridgehead atoms. The Morgan fingerprint density at radius 3 is 2.80 bits per heavy atom. The smallest absolute Gasteiger partial charge is 0.223 e. The Balaban J connectivity index is 1.73. The van der Waals surface area contributed by atoms with Gasteiger partial charge in [0.2, 0.25) is 5.91 Å². The fourth-order valence-electron chi connectivity index (χ4n) is 2.98. The Labute approximate surface area is 119 Å². The molecule has 1 atom stereocenters. The second kappa shape index (κ2) is 5.83. The quantitative estimate of drug-likeness (QED) is 0.901. The van der Waals surface area contributed by atoms with E-state index in [1.165, 1.54) is 0 Å². The number of para-hydroxylation sites is 1. The molecule has 0 spiro atoms. The van der Waals surface area contributed by atoms with Crippen molar-refractivity contribution in [1.29, 1.82) is 0 Å². The molecule has 1 amide bonds. The molecule has 20 heavy (non-hydrogen) atoms. The third-order valence-electron chi connectivity index (χ3n) is 4.18. The van der Waals surface area contributed by atoms with Gasteiger partial charge in [0.05, 0.1) is 12.6 Å². The van der Waals surface area contributed by atoms with Crippen LogP contribution in [0.4, 0.5) is 0 Å². The minimum atomic E-state index is 0.0778. The summed E-state index contributed by atoms with van der Waals surface area (Å²) in [5, 5.41) is 3.20. The minimum Gasteiger partial charge on any atom is -0.493 e. The summed E-state index contributed by atoms with van der Waals surface area (Å²) in [4.78, 5) is 12.4. The molecule has 0 aliphatic carbocycles. The van der Waals surface area contributed by atoms with Crippen molar-refractivity contribution >= 4 is 5.91 Å². The fourth-order valence-corrected chi connectivity index (χ4v) is 2.98. The number of hydrogen-bond acceptors (Lipinski definition) is 3. The molecule has 3 rings (SSSR count). The van der Waals surface area contributed by atoms with Crippen molar-refractivity contribution < 1.29 is 14.3 Å². The number of benzene rings is 1. The van der Waals surface area contributed by atoms with Crippen molar-refractivity contribution in [1.82, 2.24) is 5.32 Å². The second-order valence-electron chi connectivity index (χ2n) is 5.58. The minimum absolute atomic E-state index is 0.0778. The first-order valence-corrected chi connectivity index (χ1v) is 7.36. The molecule has 108 valence electrons. The molecule has 1 aromatic rings. The molecular weight excluding hydrogens is 254 g/mol. The lowest BCUT2D eigenvalue weighted by atomic mass is 9.95. The number of carbonyl (C=O) groups is 1. The van der Waals surface area contributed by atoms with Gasteiger partial charge in [-0.25, -0.2) is 0 Å². The molecular formula is C16H21NO3. The summed E-state index contributed by atoms with van der Waals surface area (Å²) < 4.78 is 11.1. The molecule has 1 fully saturated rings. The zero-order chi connectivity index (χ0) is 13.9. The number of ether oxygens (including phenoxy) is 2. The molecule has 2 aliphatic heterocycles. The second-order valence-corrected chi connectivity index (χ2v) is 5.58. The van der Waals surface area contributed by atoms with Crippen LogP contribution in [0.2, 0.25) is 0 Å². The van der Waals surface area contributed by atoms with Crippen LogP contribution in [0.5, 0.6) is 5.75 Å². The van der Waals surface area contributed by atoms with Gasteiger partial charge < -0.3 is 14.8 Å². The highest BCUT2D eigenvalue weighted by Crippen LogP contribution is 2.34. The molecule has 0 aromatic heterocycles. The lowest BCUT2D eigenvalue weighted by Gasteiger charge is -2.30. The maximum Gasteiger partial charge on any atom is 0.223 e. The van der Waals surface area contributed by atoms with E-state index >= 15 is 0 Å². The Morgan fingerprint density at radius 1 is 1.20 bits per heavy atom. The van der Waals surface area contributed by atoms with Crippen molar-refractivity contribution in [3.8, 4) is 5.75 Å². The highest BCUT2D eigenvalue weighted by molar-refractivity contribution is 5.79. The van der Waals surface area contributed by atoms with Crippen LogP contribution in [0.3, 0.4) is 0 Å². The predicted molar refractivity (Wildman–Crippen MR) is 75.7 cm³/mol. The van der Waals surface area contributed by atoms with E-state index in [9.17, 15) is 4.79 Å². The molecule has 0 radical (unpaired) electrons. The average Bonchev–Trinajstić information content (AvgIpc) is 2.49. The van der Waals surface area contributed by atoms with Crippen molar-refractivity contribution in [2.75, 3.05) is 19.8 Å². The molecule has 1 saturated heterocycles. The summed E-state index contributed by atoms with van der Waals surface area (Å²) >= 11 is 0. The Bertz CT molecular complexity index is 494. The number of aryl methyl sites for hydroxylation is 1. The normalized spacial score (nSPS) is 22.8. The standard InChI is InChI=1S/C16H21NO3/c1-11-3-2-4-13-14(7-10-20-15(11)13)17-16(18)12-5-8-19-9-6-12/h2-4,12,14H,5-10H2,1H3,(H,17,18)/t14-/m0/s1. The molecule has 2 aliphatic rings. The van der Waals surface area contributed by atoms with Gasteiger partial charge in [-0.1, -0.05) is 18.2 Å². The van der Waals surface area contributed by atoms with E-state index < -0.39 is 0 Å². The summed E-state index contributed by atoms with van der Waals surface area (Å²) in [7, 11) is 0. The van der Waals surface area contributed by atoms with Gasteiger partial charge in [0, 0.05) is 31.1 Å². The molecule has 0 saturated carbocycles. The zero-order valence-electron chi connectivity index (χ0n) is 11.9. The fraction of sp³-hybridized carbons (Fsp3) is 0.562. The SMILES string of the molecule is Cc1cccc2c1OCC[C@@H]2NC(=O)C1CCOCC1. The molecule has 4 nitrogen and oxygen atoms in total. The van der Waals surface area contributed by atoms with E-state index in [2.05, 4.69) is 11.4 Å². The van der Waals surface area contributed by atoms with Crippen LogP contribution in [0.25, 0.3) is 0 Å². The van der Waals surface area contributed by atoms with Crippen LogP contribution < -0.4 is 10.1 Å². The van der Waals surface area contributed by atoms with Crippen LogP contribution in [-0.4, -0.2) is 25.7 Å². The molecule has 4 heteroatoms. The average molecular weight is 275 g/mol. The number of amides is 1. The van der Waals surface area contributed by atoms with Crippen molar-refractivity contribution in [2.24, 2.45) is 5.92 Å². The molecule has 2 heterocycles. The number of hydrogen-bond donors (Lipinski definition) is 1. The van der Waals surface area contributed by atoms with Gasteiger partial charge in [0.15, 0.2) is 0 Å². The van der Waals surface area contributed by atoms with E-state index in [1.807, 2.05) is 19.1 Å². The summed E-state index contributed by atoms with van der Waals surface area (Å²) in [6.07, 6.45) is 2.50. The third-order valence-corrected chi connectivity index (χ3v) is 4.18. The van der Waals surface area contributed by atoms with Crippen LogP contribution >= 0.6 is 0 Å². The molecule has 1 aromatic carbocycles. The first-order chi connectivity index (χ1) is 9.75. The summed E-state index contributed by atoms with van der Waals surface area (Å²) in [5.74, 6) is 1.20. The van der Waals surface area contributed by atoms with E-state index in [1.54, 1.807) is 0 Å². The molecule has 0 unspecified atom stereocenters. The van der Waals surface area contributed by atoms with Crippen LogP contribution in [-0.2, 0) is 9.53 Å². The van der Waals surface area contributed by atoms with Crippen LogP contribution in [0, 0.1) is 12.8 Å². The van der Waals surface area contributed by atoms with E-state index in [0.29, 0.717) is 19.8 Å². The van der Waals surface area contributed by atoms with Gasteiger partial charge in [0.1, 0.15) is 5.75 Å². The number of fused-ring (bicyclic) bond motifs is 1. The highest BCUT2D eigenvalue weighted by Gasteiger charge is 2.28. The van der Waals surface area contributed by atoms with E-state index in [0.717, 1.165) is 36.1 Å². The van der Waals surface area contributed by atoms with Gasteiger partial charge >= 0.3 is 0 Å². The highest BCUT2D eigenvalue weighted by atomic mass is 16.5. The number of carbonyl (C=O) groups excluding carboxylic acids is 1. The lowest BCUT2D eigenvalue weighted by molar-refractivity contribution is -0.128. The van der Waals surface area contributed by atoms with Gasteiger partial charge in [-0.05, 0) is 25.3 Å².